The van der Waals surface area contributed by atoms with Gasteiger partial charge in [0.05, 0.1) is 10.5 Å². The monoisotopic (exact) mass is 431 g/mol. The third-order valence-corrected chi connectivity index (χ3v) is 6.17. The van der Waals surface area contributed by atoms with Crippen molar-refractivity contribution >= 4 is 38.4 Å². The van der Waals surface area contributed by atoms with Crippen LogP contribution >= 0.6 is 11.3 Å². The Morgan fingerprint density at radius 2 is 1.76 bits per heavy atom. The second-order valence-electron chi connectivity index (χ2n) is 5.99. The van der Waals surface area contributed by atoms with Crippen molar-refractivity contribution in [3.8, 4) is 0 Å². The van der Waals surface area contributed by atoms with Crippen LogP contribution in [0.15, 0.2) is 71.1 Å². The van der Waals surface area contributed by atoms with Gasteiger partial charge in [0, 0.05) is 11.6 Å². The van der Waals surface area contributed by atoms with Crippen LogP contribution in [0.2, 0.25) is 0 Å². The Balaban J connectivity index is 1.86. The summed E-state index contributed by atoms with van der Waals surface area (Å²) in [5.41, 5.74) is 0.552. The number of nitrogens with one attached hydrogen (secondary N) is 2. The molecule has 1 atom stereocenters. The van der Waals surface area contributed by atoms with Crippen LogP contribution in [0.25, 0.3) is 0 Å². The van der Waals surface area contributed by atoms with E-state index in [9.17, 15) is 23.1 Å². The smallest absolute Gasteiger partial charge is 0.322 e. The van der Waals surface area contributed by atoms with E-state index in [2.05, 4.69) is 15.0 Å². The van der Waals surface area contributed by atoms with Crippen LogP contribution in [0.5, 0.6) is 0 Å². The van der Waals surface area contributed by atoms with Crippen LogP contribution < -0.4 is 10.0 Å². The number of anilines is 1. The minimum absolute atomic E-state index is 0.0388. The maximum absolute atomic E-state index is 12.9. The van der Waals surface area contributed by atoms with Crippen LogP contribution in [0.1, 0.15) is 15.9 Å². The van der Waals surface area contributed by atoms with Crippen LogP contribution in [0.4, 0.5) is 5.13 Å². The van der Waals surface area contributed by atoms with E-state index < -0.39 is 27.9 Å². The first kappa shape index (κ1) is 20.6. The molecule has 0 aliphatic carbocycles. The molecule has 0 saturated carbocycles. The van der Waals surface area contributed by atoms with Gasteiger partial charge in [-0.25, -0.2) is 13.4 Å². The number of amides is 1. The normalized spacial score (nSPS) is 12.3. The summed E-state index contributed by atoms with van der Waals surface area (Å²) in [6.45, 7) is 0. The Bertz CT molecular complexity index is 1100. The van der Waals surface area contributed by atoms with Gasteiger partial charge in [0.25, 0.3) is 5.91 Å². The zero-order valence-electron chi connectivity index (χ0n) is 15.0. The first-order valence-corrected chi connectivity index (χ1v) is 10.8. The van der Waals surface area contributed by atoms with Gasteiger partial charge >= 0.3 is 5.97 Å². The van der Waals surface area contributed by atoms with Crippen molar-refractivity contribution in [2.24, 2.45) is 0 Å². The Morgan fingerprint density at radius 3 is 2.41 bits per heavy atom. The molecule has 8 nitrogen and oxygen atoms in total. The molecule has 1 heterocycles. The number of hydrogen-bond acceptors (Lipinski definition) is 6. The molecular formula is C19H17N3O5S2. The van der Waals surface area contributed by atoms with Gasteiger partial charge in [-0.15, -0.1) is 11.3 Å². The largest absolute Gasteiger partial charge is 0.480 e. The number of aromatic nitrogens is 1. The maximum Gasteiger partial charge on any atom is 0.322 e. The number of nitrogens with zero attached hydrogens (tertiary/aromatic N) is 1. The molecule has 150 valence electrons. The number of hydrogen-bond donors (Lipinski definition) is 3. The average Bonchev–Trinajstić information content (AvgIpc) is 3.21. The topological polar surface area (TPSA) is 125 Å². The van der Waals surface area contributed by atoms with Gasteiger partial charge in [-0.1, -0.05) is 42.5 Å². The molecule has 0 bridgehead atoms. The average molecular weight is 431 g/mol. The highest BCUT2D eigenvalue weighted by atomic mass is 32.2. The third-order valence-electron chi connectivity index (χ3n) is 3.95. The molecule has 1 unspecified atom stereocenters. The van der Waals surface area contributed by atoms with Gasteiger partial charge in [-0.2, -0.15) is 4.72 Å². The standard InChI is InChI=1S/C19H17N3O5S2/c23-17(21-19-20-10-11-28-19)14-8-4-5-9-16(14)29(26,27)22-15(18(24)25)12-13-6-2-1-3-7-13/h1-11,15,22H,12H2,(H,24,25)(H,20,21,23). The summed E-state index contributed by atoms with van der Waals surface area (Å²) in [5.74, 6) is -1.97. The fourth-order valence-corrected chi connectivity index (χ4v) is 4.54. The van der Waals surface area contributed by atoms with Crippen molar-refractivity contribution in [1.29, 1.82) is 0 Å². The van der Waals surface area contributed by atoms with Crippen molar-refractivity contribution in [1.82, 2.24) is 9.71 Å². The Morgan fingerprint density at radius 1 is 1.07 bits per heavy atom. The van der Waals surface area contributed by atoms with E-state index in [1.165, 1.54) is 41.8 Å². The summed E-state index contributed by atoms with van der Waals surface area (Å²) in [7, 11) is -4.29. The lowest BCUT2D eigenvalue weighted by atomic mass is 10.1. The van der Waals surface area contributed by atoms with Gasteiger partial charge in [-0.3, -0.25) is 14.9 Å². The number of carbonyl (C=O) groups is 2. The highest BCUT2D eigenvalue weighted by molar-refractivity contribution is 7.89. The van der Waals surface area contributed by atoms with Gasteiger partial charge < -0.3 is 5.11 Å². The van der Waals surface area contributed by atoms with Crippen LogP contribution in [0, 0.1) is 0 Å². The minimum atomic E-state index is -4.29. The van der Waals surface area contributed by atoms with Gasteiger partial charge in [0.1, 0.15) is 6.04 Å². The lowest BCUT2D eigenvalue weighted by Crippen LogP contribution is -2.42. The predicted octanol–water partition coefficient (Wildman–Crippen LogP) is 2.37. The Kier molecular flexibility index (Phi) is 6.37. The molecular weight excluding hydrogens is 414 g/mol. The van der Waals surface area contributed by atoms with Gasteiger partial charge in [0.2, 0.25) is 10.0 Å². The van der Waals surface area contributed by atoms with E-state index >= 15 is 0 Å². The summed E-state index contributed by atoms with van der Waals surface area (Å²) in [6, 6.07) is 12.9. The molecule has 29 heavy (non-hydrogen) atoms. The fraction of sp³-hybridized carbons (Fsp3) is 0.105. The molecule has 0 radical (unpaired) electrons. The van der Waals surface area contributed by atoms with Gasteiger partial charge in [0.15, 0.2) is 5.13 Å². The molecule has 0 aliphatic heterocycles. The first-order chi connectivity index (χ1) is 13.9. The molecule has 10 heteroatoms. The van der Waals surface area contributed by atoms with Crippen molar-refractivity contribution < 1.29 is 23.1 Å². The van der Waals surface area contributed by atoms with Crippen LogP contribution in [-0.4, -0.2) is 36.4 Å². The molecule has 1 amide bonds. The molecule has 0 saturated heterocycles. The van der Waals surface area contributed by atoms with Crippen LogP contribution in [-0.2, 0) is 21.2 Å². The number of thiazole rings is 1. The number of rotatable bonds is 8. The number of carboxylic acid groups (broad SMARTS) is 1. The zero-order valence-corrected chi connectivity index (χ0v) is 16.6. The van der Waals surface area contributed by atoms with Crippen molar-refractivity contribution in [3.63, 3.8) is 0 Å². The quantitative estimate of drug-likeness (QED) is 0.503. The van der Waals surface area contributed by atoms with Gasteiger partial charge in [-0.05, 0) is 24.1 Å². The highest BCUT2D eigenvalue weighted by Crippen LogP contribution is 2.19. The maximum atomic E-state index is 12.9. The number of aliphatic carboxylic acids is 1. The summed E-state index contributed by atoms with van der Waals surface area (Å²) < 4.78 is 28.0. The van der Waals surface area contributed by atoms with E-state index in [4.69, 9.17) is 0 Å². The summed E-state index contributed by atoms with van der Waals surface area (Å²) in [6.07, 6.45) is 1.47. The summed E-state index contributed by atoms with van der Waals surface area (Å²) in [4.78, 5) is 27.8. The first-order valence-electron chi connectivity index (χ1n) is 8.46. The zero-order chi connectivity index (χ0) is 20.9. The number of carbonyl (C=O) groups excluding carboxylic acids is 1. The lowest BCUT2D eigenvalue weighted by molar-refractivity contribution is -0.138. The van der Waals surface area contributed by atoms with Crippen molar-refractivity contribution in [3.05, 3.63) is 77.3 Å². The second-order valence-corrected chi connectivity index (χ2v) is 8.57. The molecule has 3 rings (SSSR count). The number of benzene rings is 2. The Hall–Kier alpha value is -3.08. The molecule has 3 N–H and O–H groups in total. The molecule has 0 fully saturated rings. The molecule has 0 spiro atoms. The fourth-order valence-electron chi connectivity index (χ4n) is 2.62. The molecule has 2 aromatic carbocycles. The van der Waals surface area contributed by atoms with Crippen molar-refractivity contribution in [2.45, 2.75) is 17.4 Å². The number of carboxylic acids is 1. The van der Waals surface area contributed by atoms with E-state index in [1.54, 1.807) is 35.7 Å². The summed E-state index contributed by atoms with van der Waals surface area (Å²) >= 11 is 1.19. The third kappa shape index (κ3) is 5.25. The van der Waals surface area contributed by atoms with E-state index in [0.717, 1.165) is 0 Å². The number of sulfonamides is 1. The Labute approximate surface area is 171 Å². The van der Waals surface area contributed by atoms with E-state index in [-0.39, 0.29) is 16.9 Å². The summed E-state index contributed by atoms with van der Waals surface area (Å²) in [5, 5.41) is 14.0. The molecule has 1 aromatic heterocycles. The highest BCUT2D eigenvalue weighted by Gasteiger charge is 2.29. The van der Waals surface area contributed by atoms with E-state index in [1.807, 2.05) is 0 Å². The predicted molar refractivity (Wildman–Crippen MR) is 108 cm³/mol. The van der Waals surface area contributed by atoms with E-state index in [0.29, 0.717) is 10.7 Å². The molecule has 0 aliphatic rings. The minimum Gasteiger partial charge on any atom is -0.480 e. The van der Waals surface area contributed by atoms with Crippen LogP contribution in [0.3, 0.4) is 0 Å². The SMILES string of the molecule is O=C(Nc1nccs1)c1ccccc1S(=O)(=O)NC(Cc1ccccc1)C(=O)O. The lowest BCUT2D eigenvalue weighted by Gasteiger charge is -2.16. The molecule has 3 aromatic rings. The second kappa shape index (κ2) is 8.95. The van der Waals surface area contributed by atoms with Crippen molar-refractivity contribution in [2.75, 3.05) is 5.32 Å².